The van der Waals surface area contributed by atoms with Crippen molar-refractivity contribution in [2.75, 3.05) is 5.32 Å². The minimum Gasteiger partial charge on any atom is -0.476 e. The van der Waals surface area contributed by atoms with Crippen LogP contribution in [0.4, 0.5) is 10.1 Å². The summed E-state index contributed by atoms with van der Waals surface area (Å²) in [6, 6.07) is 15.1. The molecule has 4 aromatic rings. The van der Waals surface area contributed by atoms with Crippen molar-refractivity contribution in [3.8, 4) is 11.4 Å². The van der Waals surface area contributed by atoms with Gasteiger partial charge in [0.15, 0.2) is 5.69 Å². The molecular weight excluding hydrogens is 411 g/mol. The van der Waals surface area contributed by atoms with E-state index in [2.05, 4.69) is 10.3 Å². The van der Waals surface area contributed by atoms with Gasteiger partial charge in [0.2, 0.25) is 5.95 Å². The van der Waals surface area contributed by atoms with E-state index in [1.165, 1.54) is 10.6 Å². The number of aryl methyl sites for hydroxylation is 1. The fourth-order valence-electron chi connectivity index (χ4n) is 3.75. The molecule has 8 heteroatoms. The Bertz CT molecular complexity index is 1400. The highest BCUT2D eigenvalue weighted by Crippen LogP contribution is 2.29. The number of anilines is 1. The number of halogens is 1. The van der Waals surface area contributed by atoms with Crippen molar-refractivity contribution in [1.29, 1.82) is 0 Å². The van der Waals surface area contributed by atoms with Gasteiger partial charge in [-0.05, 0) is 37.6 Å². The maximum Gasteiger partial charge on any atom is 0.356 e. The second-order valence-corrected chi connectivity index (χ2v) is 7.62. The van der Waals surface area contributed by atoms with E-state index < -0.39 is 23.7 Å². The number of hydrogen-bond donors (Lipinski definition) is 2. The van der Waals surface area contributed by atoms with E-state index in [1.54, 1.807) is 13.1 Å². The Kier molecular flexibility index (Phi) is 5.44. The maximum atomic E-state index is 13.5. The lowest BCUT2D eigenvalue weighted by Crippen LogP contribution is -2.22. The predicted octanol–water partition coefficient (Wildman–Crippen LogP) is 4.31. The lowest BCUT2D eigenvalue weighted by atomic mass is 10.0. The molecule has 1 unspecified atom stereocenters. The molecule has 2 heterocycles. The zero-order valence-electron chi connectivity index (χ0n) is 17.8. The molecule has 7 nitrogen and oxygen atoms in total. The predicted molar refractivity (Wildman–Crippen MR) is 120 cm³/mol. The number of pyridine rings is 1. The molecule has 0 amide bonds. The van der Waals surface area contributed by atoms with E-state index in [4.69, 9.17) is 4.98 Å². The molecule has 0 aliphatic rings. The molecule has 162 valence electrons. The molecule has 0 aliphatic carbocycles. The third-order valence-corrected chi connectivity index (χ3v) is 5.29. The van der Waals surface area contributed by atoms with Gasteiger partial charge in [0.1, 0.15) is 5.82 Å². The van der Waals surface area contributed by atoms with Gasteiger partial charge in [0.05, 0.1) is 22.6 Å². The number of aromatic carboxylic acids is 1. The molecule has 2 N–H and O–H groups in total. The van der Waals surface area contributed by atoms with E-state index in [0.717, 1.165) is 22.8 Å². The molecule has 2 aromatic carbocycles. The topological polar surface area (TPSA) is 97.1 Å². The average molecular weight is 432 g/mol. The summed E-state index contributed by atoms with van der Waals surface area (Å²) in [6.07, 6.45) is 0. The van der Waals surface area contributed by atoms with Crippen LogP contribution in [0.5, 0.6) is 0 Å². The lowest BCUT2D eigenvalue weighted by Gasteiger charge is -2.20. The largest absolute Gasteiger partial charge is 0.476 e. The Morgan fingerprint density at radius 2 is 1.84 bits per heavy atom. The van der Waals surface area contributed by atoms with Crippen LogP contribution in [0.3, 0.4) is 0 Å². The van der Waals surface area contributed by atoms with Gasteiger partial charge < -0.3 is 10.4 Å². The molecule has 0 radical (unpaired) electrons. The number of carboxylic acids is 1. The lowest BCUT2D eigenvalue weighted by molar-refractivity contribution is 0.0690. The molecule has 0 spiro atoms. The summed E-state index contributed by atoms with van der Waals surface area (Å²) in [4.78, 5) is 33.0. The third-order valence-electron chi connectivity index (χ3n) is 5.29. The minimum atomic E-state index is -1.34. The molecule has 1 atom stereocenters. The van der Waals surface area contributed by atoms with E-state index in [9.17, 15) is 19.1 Å². The summed E-state index contributed by atoms with van der Waals surface area (Å²) >= 11 is 0. The number of hydrogen-bond acceptors (Lipinski definition) is 5. The summed E-state index contributed by atoms with van der Waals surface area (Å²) in [6.45, 7) is 3.70. The fourth-order valence-corrected chi connectivity index (χ4v) is 3.75. The second-order valence-electron chi connectivity index (χ2n) is 7.62. The van der Waals surface area contributed by atoms with E-state index in [-0.39, 0.29) is 11.2 Å². The van der Waals surface area contributed by atoms with Crippen molar-refractivity contribution in [2.24, 2.45) is 7.05 Å². The van der Waals surface area contributed by atoms with E-state index in [1.807, 2.05) is 50.2 Å². The van der Waals surface area contributed by atoms with Gasteiger partial charge in [0.25, 0.3) is 5.56 Å². The number of benzene rings is 2. The van der Waals surface area contributed by atoms with Crippen LogP contribution in [-0.2, 0) is 7.05 Å². The number of nitrogens with zero attached hydrogens (tertiary/aromatic N) is 3. The Hall–Kier alpha value is -4.07. The van der Waals surface area contributed by atoms with Crippen molar-refractivity contribution in [3.05, 3.63) is 87.7 Å². The Morgan fingerprint density at radius 3 is 2.53 bits per heavy atom. The zero-order chi connectivity index (χ0) is 23.0. The van der Waals surface area contributed by atoms with Gasteiger partial charge >= 0.3 is 5.97 Å². The monoisotopic (exact) mass is 432 g/mol. The van der Waals surface area contributed by atoms with Gasteiger partial charge in [-0.3, -0.25) is 9.36 Å². The molecule has 0 saturated heterocycles. The summed E-state index contributed by atoms with van der Waals surface area (Å²) < 4.78 is 15.0. The SMILES string of the molecule is Cc1cc(C(C)Nc2ccc(F)nc2C(=O)O)c2nc(-c3ccccc3)n(C)c(=O)c2c1. The quantitative estimate of drug-likeness (QED) is 0.456. The van der Waals surface area contributed by atoms with Crippen molar-refractivity contribution in [1.82, 2.24) is 14.5 Å². The highest BCUT2D eigenvalue weighted by molar-refractivity contribution is 5.92. The van der Waals surface area contributed by atoms with Crippen molar-refractivity contribution in [2.45, 2.75) is 19.9 Å². The van der Waals surface area contributed by atoms with Gasteiger partial charge in [-0.2, -0.15) is 4.39 Å². The van der Waals surface area contributed by atoms with Crippen molar-refractivity contribution < 1.29 is 14.3 Å². The second kappa shape index (κ2) is 8.22. The third kappa shape index (κ3) is 3.82. The molecule has 0 saturated carbocycles. The number of fused-ring (bicyclic) bond motifs is 1. The summed E-state index contributed by atoms with van der Waals surface area (Å²) in [5, 5.41) is 12.9. The normalized spacial score (nSPS) is 12.0. The molecule has 2 aromatic heterocycles. The van der Waals surface area contributed by atoms with Crippen molar-refractivity contribution in [3.63, 3.8) is 0 Å². The van der Waals surface area contributed by atoms with Gasteiger partial charge in [-0.1, -0.05) is 36.4 Å². The van der Waals surface area contributed by atoms with Crippen LogP contribution in [0.2, 0.25) is 0 Å². The molecular formula is C24H21FN4O3. The van der Waals surface area contributed by atoms with Gasteiger partial charge in [-0.25, -0.2) is 14.8 Å². The molecule has 0 fully saturated rings. The summed E-state index contributed by atoms with van der Waals surface area (Å²) in [7, 11) is 1.68. The standard InChI is InChI=1S/C24H21FN4O3/c1-13-11-16(14(2)26-18-9-10-19(25)27-21(18)24(31)32)20-17(12-13)23(30)29(3)22(28-20)15-7-5-4-6-8-15/h4-12,14,26H,1-3H3,(H,31,32). The smallest absolute Gasteiger partial charge is 0.356 e. The Morgan fingerprint density at radius 1 is 1.12 bits per heavy atom. The van der Waals surface area contributed by atoms with Gasteiger partial charge in [-0.15, -0.1) is 0 Å². The maximum absolute atomic E-state index is 13.5. The highest BCUT2D eigenvalue weighted by Gasteiger charge is 2.20. The molecule has 0 aliphatic heterocycles. The number of carboxylic acid groups (broad SMARTS) is 1. The van der Waals surface area contributed by atoms with Crippen LogP contribution < -0.4 is 10.9 Å². The van der Waals surface area contributed by atoms with Crippen molar-refractivity contribution >= 4 is 22.6 Å². The first kappa shape index (κ1) is 21.2. The minimum absolute atomic E-state index is 0.174. The van der Waals surface area contributed by atoms with Crippen LogP contribution in [0.25, 0.3) is 22.3 Å². The number of carbonyl (C=O) groups is 1. The first-order valence-electron chi connectivity index (χ1n) is 9.99. The first-order valence-corrected chi connectivity index (χ1v) is 9.99. The fraction of sp³-hybridized carbons (Fsp3) is 0.167. The van der Waals surface area contributed by atoms with Crippen LogP contribution in [-0.4, -0.2) is 25.6 Å². The van der Waals surface area contributed by atoms with Crippen LogP contribution >= 0.6 is 0 Å². The number of aromatic nitrogens is 3. The summed E-state index contributed by atoms with van der Waals surface area (Å²) in [5.41, 5.74) is 2.48. The molecule has 0 bridgehead atoms. The Labute approximate surface area is 183 Å². The Balaban J connectivity index is 1.88. The number of rotatable bonds is 5. The molecule has 4 rings (SSSR count). The highest BCUT2D eigenvalue weighted by atomic mass is 19.1. The van der Waals surface area contributed by atoms with E-state index >= 15 is 0 Å². The molecule has 32 heavy (non-hydrogen) atoms. The van der Waals surface area contributed by atoms with Crippen LogP contribution in [0, 0.1) is 12.9 Å². The number of nitrogens with one attached hydrogen (secondary N) is 1. The zero-order valence-corrected chi connectivity index (χ0v) is 17.8. The summed E-state index contributed by atoms with van der Waals surface area (Å²) in [5.74, 6) is -1.69. The average Bonchev–Trinajstić information content (AvgIpc) is 2.77. The first-order chi connectivity index (χ1) is 15.3. The van der Waals surface area contributed by atoms with E-state index in [0.29, 0.717) is 16.7 Å². The van der Waals surface area contributed by atoms with Crippen LogP contribution in [0.15, 0.2) is 59.4 Å². The van der Waals surface area contributed by atoms with Gasteiger partial charge in [0, 0.05) is 18.2 Å². The van der Waals surface area contributed by atoms with Crippen LogP contribution in [0.1, 0.15) is 34.6 Å².